The third-order valence-corrected chi connectivity index (χ3v) is 5.45. The minimum atomic E-state index is -0.0599. The van der Waals surface area contributed by atoms with Crippen LogP contribution in [0.4, 0.5) is 5.69 Å². The Kier molecular flexibility index (Phi) is 5.50. The predicted molar refractivity (Wildman–Crippen MR) is 117 cm³/mol. The highest BCUT2D eigenvalue weighted by atomic mass is 16.1. The van der Waals surface area contributed by atoms with Gasteiger partial charge in [0.15, 0.2) is 5.65 Å². The molecule has 1 aromatic carbocycles. The maximum Gasteiger partial charge on any atom is 0.224 e. The molecule has 0 spiro atoms. The lowest BCUT2D eigenvalue weighted by Crippen LogP contribution is -2.14. The highest BCUT2D eigenvalue weighted by Gasteiger charge is 2.15. The first kappa shape index (κ1) is 20.3. The van der Waals surface area contributed by atoms with E-state index in [2.05, 4.69) is 31.0 Å². The van der Waals surface area contributed by atoms with Gasteiger partial charge in [0.1, 0.15) is 17.5 Å². The fraction of sp³-hybridized carbons (Fsp3) is 0.261. The van der Waals surface area contributed by atoms with Crippen LogP contribution in [-0.4, -0.2) is 30.1 Å². The normalized spacial score (nSPS) is 10.9. The fourth-order valence-corrected chi connectivity index (χ4v) is 3.67. The van der Waals surface area contributed by atoms with Crippen LogP contribution in [0.1, 0.15) is 40.3 Å². The van der Waals surface area contributed by atoms with E-state index in [0.29, 0.717) is 24.1 Å². The van der Waals surface area contributed by atoms with Crippen molar-refractivity contribution in [1.29, 1.82) is 5.26 Å². The predicted octanol–water partition coefficient (Wildman–Crippen LogP) is 3.34. The van der Waals surface area contributed by atoms with Gasteiger partial charge in [-0.05, 0) is 50.5 Å². The standard InChI is InChI=1S/C23H23N7O/c1-15-21(16(2)30-23(27-15)19(12-24)13-26-30)8-9-22(31)28-20-6-4-18(5-7-20)14-29-11-10-25-17(29)3/h4-7,10-11,13H,8-9,14H2,1-3H3,(H,28,31). The Morgan fingerprint density at radius 1 is 1.19 bits per heavy atom. The Hall–Kier alpha value is -3.99. The maximum absolute atomic E-state index is 12.5. The maximum atomic E-state index is 12.5. The molecular weight excluding hydrogens is 390 g/mol. The van der Waals surface area contributed by atoms with Crippen LogP contribution in [0.25, 0.3) is 5.65 Å². The molecule has 31 heavy (non-hydrogen) atoms. The van der Waals surface area contributed by atoms with E-state index < -0.39 is 0 Å². The smallest absolute Gasteiger partial charge is 0.224 e. The number of aromatic nitrogens is 5. The number of nitrogens with zero attached hydrogens (tertiary/aromatic N) is 6. The molecule has 156 valence electrons. The van der Waals surface area contributed by atoms with Gasteiger partial charge in [-0.2, -0.15) is 10.4 Å². The van der Waals surface area contributed by atoms with Crippen LogP contribution >= 0.6 is 0 Å². The lowest BCUT2D eigenvalue weighted by atomic mass is 10.1. The van der Waals surface area contributed by atoms with Gasteiger partial charge in [-0.3, -0.25) is 4.79 Å². The van der Waals surface area contributed by atoms with Crippen LogP contribution in [0, 0.1) is 32.1 Å². The molecule has 0 radical (unpaired) electrons. The van der Waals surface area contributed by atoms with Gasteiger partial charge in [-0.1, -0.05) is 12.1 Å². The summed E-state index contributed by atoms with van der Waals surface area (Å²) in [6, 6.07) is 9.94. The summed E-state index contributed by atoms with van der Waals surface area (Å²) in [4.78, 5) is 21.2. The third-order valence-electron chi connectivity index (χ3n) is 5.45. The van der Waals surface area contributed by atoms with E-state index in [9.17, 15) is 10.1 Å². The van der Waals surface area contributed by atoms with Gasteiger partial charge in [0.05, 0.1) is 6.20 Å². The number of hydrogen-bond acceptors (Lipinski definition) is 5. The zero-order valence-corrected chi connectivity index (χ0v) is 17.8. The van der Waals surface area contributed by atoms with Crippen molar-refractivity contribution in [3.8, 4) is 6.07 Å². The van der Waals surface area contributed by atoms with Crippen molar-refractivity contribution in [2.24, 2.45) is 0 Å². The number of carbonyl (C=O) groups excluding carboxylic acids is 1. The molecule has 0 aliphatic carbocycles. The molecule has 0 unspecified atom stereocenters. The van der Waals surface area contributed by atoms with Crippen molar-refractivity contribution in [3.63, 3.8) is 0 Å². The Bertz CT molecular complexity index is 1290. The van der Waals surface area contributed by atoms with Gasteiger partial charge in [0, 0.05) is 42.4 Å². The summed E-state index contributed by atoms with van der Waals surface area (Å²) in [5, 5.41) is 16.4. The van der Waals surface area contributed by atoms with Gasteiger partial charge in [0.25, 0.3) is 0 Å². The molecule has 0 saturated heterocycles. The van der Waals surface area contributed by atoms with Crippen molar-refractivity contribution in [3.05, 3.63) is 76.8 Å². The number of carbonyl (C=O) groups is 1. The van der Waals surface area contributed by atoms with Crippen LogP contribution < -0.4 is 5.32 Å². The summed E-state index contributed by atoms with van der Waals surface area (Å²) >= 11 is 0. The van der Waals surface area contributed by atoms with Gasteiger partial charge in [0.2, 0.25) is 5.91 Å². The van der Waals surface area contributed by atoms with E-state index in [1.54, 1.807) is 10.7 Å². The molecule has 0 saturated carbocycles. The molecule has 1 N–H and O–H groups in total. The first-order valence-electron chi connectivity index (χ1n) is 10.1. The monoisotopic (exact) mass is 413 g/mol. The number of amides is 1. The van der Waals surface area contributed by atoms with Gasteiger partial charge < -0.3 is 9.88 Å². The Labute approximate surface area is 180 Å². The molecular formula is C23H23N7O. The first-order valence-corrected chi connectivity index (χ1v) is 10.1. The lowest BCUT2D eigenvalue weighted by Gasteiger charge is -2.12. The number of nitriles is 1. The largest absolute Gasteiger partial charge is 0.331 e. The van der Waals surface area contributed by atoms with Crippen LogP contribution in [0.5, 0.6) is 0 Å². The molecule has 3 heterocycles. The molecule has 0 aliphatic heterocycles. The Morgan fingerprint density at radius 2 is 1.97 bits per heavy atom. The molecule has 0 bridgehead atoms. The molecule has 4 aromatic rings. The lowest BCUT2D eigenvalue weighted by molar-refractivity contribution is -0.116. The van der Waals surface area contributed by atoms with E-state index >= 15 is 0 Å². The van der Waals surface area contributed by atoms with Gasteiger partial charge in [-0.25, -0.2) is 14.5 Å². The summed E-state index contributed by atoms with van der Waals surface area (Å²) in [7, 11) is 0. The minimum Gasteiger partial charge on any atom is -0.331 e. The summed E-state index contributed by atoms with van der Waals surface area (Å²) in [6.07, 6.45) is 6.13. The number of imidazole rings is 1. The molecule has 8 nitrogen and oxygen atoms in total. The molecule has 4 rings (SSSR count). The summed E-state index contributed by atoms with van der Waals surface area (Å²) in [5.74, 6) is 0.907. The number of benzene rings is 1. The number of nitrogens with one attached hydrogen (secondary N) is 1. The highest BCUT2D eigenvalue weighted by molar-refractivity contribution is 5.90. The second-order valence-electron chi connectivity index (χ2n) is 7.51. The van der Waals surface area contributed by atoms with E-state index in [-0.39, 0.29) is 5.91 Å². The number of anilines is 1. The SMILES string of the molecule is Cc1nc2c(C#N)cnn2c(C)c1CCC(=O)Nc1ccc(Cn2ccnc2C)cc1. The Balaban J connectivity index is 1.39. The van der Waals surface area contributed by atoms with Crippen LogP contribution in [0.3, 0.4) is 0 Å². The zero-order chi connectivity index (χ0) is 22.0. The van der Waals surface area contributed by atoms with E-state index in [1.807, 2.05) is 51.2 Å². The van der Waals surface area contributed by atoms with Crippen molar-refractivity contribution in [2.45, 2.75) is 40.2 Å². The number of rotatable bonds is 6. The molecule has 3 aromatic heterocycles. The van der Waals surface area contributed by atoms with Crippen LogP contribution in [-0.2, 0) is 17.8 Å². The number of aryl methyl sites for hydroxylation is 3. The molecule has 0 atom stereocenters. The first-order chi connectivity index (χ1) is 15.0. The quantitative estimate of drug-likeness (QED) is 0.522. The topological polar surface area (TPSA) is 101 Å². The van der Waals surface area contributed by atoms with Crippen LogP contribution in [0.2, 0.25) is 0 Å². The Morgan fingerprint density at radius 3 is 2.65 bits per heavy atom. The minimum absolute atomic E-state index is 0.0599. The van der Waals surface area contributed by atoms with Gasteiger partial charge >= 0.3 is 0 Å². The molecule has 0 aliphatic rings. The zero-order valence-electron chi connectivity index (χ0n) is 17.8. The summed E-state index contributed by atoms with van der Waals surface area (Å²) < 4.78 is 3.74. The number of hydrogen-bond donors (Lipinski definition) is 1. The molecule has 0 fully saturated rings. The summed E-state index contributed by atoms with van der Waals surface area (Å²) in [6.45, 7) is 6.55. The summed E-state index contributed by atoms with van der Waals surface area (Å²) in [5.41, 5.74) is 5.59. The highest BCUT2D eigenvalue weighted by Crippen LogP contribution is 2.19. The second kappa shape index (κ2) is 8.40. The molecule has 1 amide bonds. The van der Waals surface area contributed by atoms with Crippen molar-refractivity contribution in [2.75, 3.05) is 5.32 Å². The van der Waals surface area contributed by atoms with E-state index in [0.717, 1.165) is 40.6 Å². The van der Waals surface area contributed by atoms with Crippen LogP contribution in [0.15, 0.2) is 42.9 Å². The average Bonchev–Trinajstić information content (AvgIpc) is 3.35. The van der Waals surface area contributed by atoms with E-state index in [1.165, 1.54) is 6.20 Å². The van der Waals surface area contributed by atoms with Crippen molar-refractivity contribution < 1.29 is 4.79 Å². The molecule has 8 heteroatoms. The van der Waals surface area contributed by atoms with Crippen molar-refractivity contribution in [1.82, 2.24) is 24.1 Å². The number of fused-ring (bicyclic) bond motifs is 1. The third kappa shape index (κ3) is 4.16. The van der Waals surface area contributed by atoms with Crippen molar-refractivity contribution >= 4 is 17.2 Å². The fourth-order valence-electron chi connectivity index (χ4n) is 3.67. The van der Waals surface area contributed by atoms with E-state index in [4.69, 9.17) is 0 Å². The van der Waals surface area contributed by atoms with Gasteiger partial charge in [-0.15, -0.1) is 0 Å². The second-order valence-corrected chi connectivity index (χ2v) is 7.51. The average molecular weight is 413 g/mol.